The Labute approximate surface area is 195 Å². The fourth-order valence-electron chi connectivity index (χ4n) is 2.42. The number of hydrogen-bond acceptors (Lipinski definition) is 2. The molecule has 0 N–H and O–H groups in total. The van der Waals surface area contributed by atoms with Gasteiger partial charge in [-0.15, -0.1) is 11.8 Å². The quantitative estimate of drug-likeness (QED) is 0.103. The van der Waals surface area contributed by atoms with Gasteiger partial charge in [0, 0.05) is 27.8 Å². The van der Waals surface area contributed by atoms with Gasteiger partial charge in [-0.05, 0) is 37.3 Å². The average molecular weight is 502 g/mol. The van der Waals surface area contributed by atoms with E-state index >= 15 is 0 Å². The second-order valence-corrected chi connectivity index (χ2v) is 13.7. The van der Waals surface area contributed by atoms with Gasteiger partial charge in [0.25, 0.3) is 0 Å². The van der Waals surface area contributed by atoms with E-state index in [2.05, 4.69) is 95.5 Å². The first-order valence-corrected chi connectivity index (χ1v) is 17.8. The molecule has 0 aliphatic rings. The Bertz CT molecular complexity index is 623. The Kier molecular flexibility index (Phi) is 22.9. The molecule has 7 unspecified atom stereocenters. The summed E-state index contributed by atoms with van der Waals surface area (Å²) in [5.41, 5.74) is 0. The minimum Gasteiger partial charge on any atom is -0.351 e. The van der Waals surface area contributed by atoms with Gasteiger partial charge in [-0.3, -0.25) is 0 Å². The molecule has 0 aromatic rings. The molecule has 0 rings (SSSR count). The van der Waals surface area contributed by atoms with Gasteiger partial charge in [-0.2, -0.15) is 0 Å². The molecule has 0 fully saturated rings. The van der Waals surface area contributed by atoms with Crippen molar-refractivity contribution in [3.8, 4) is 23.7 Å². The molecular weight excluding hydrogens is 463 g/mol. The van der Waals surface area contributed by atoms with E-state index in [1.807, 2.05) is 12.2 Å². The van der Waals surface area contributed by atoms with Gasteiger partial charge in [-0.1, -0.05) is 90.1 Å². The van der Waals surface area contributed by atoms with E-state index in [1.165, 1.54) is 6.42 Å². The van der Waals surface area contributed by atoms with Crippen LogP contribution >= 0.6 is 42.8 Å². The molecule has 30 heavy (non-hydrogen) atoms. The van der Waals surface area contributed by atoms with Crippen LogP contribution in [-0.4, -0.2) is 12.2 Å². The predicted octanol–water partition coefficient (Wildman–Crippen LogP) is 8.20. The second kappa shape index (κ2) is 22.6. The predicted molar refractivity (Wildman–Crippen MR) is 150 cm³/mol. The highest BCUT2D eigenvalue weighted by Gasteiger charge is 2.12. The summed E-state index contributed by atoms with van der Waals surface area (Å²) >= 11 is 0. The summed E-state index contributed by atoms with van der Waals surface area (Å²) in [4.78, 5) is 0. The van der Waals surface area contributed by atoms with Crippen LogP contribution in [0.4, 0.5) is 0 Å². The SMILES string of the molecule is CCC#CCC(/C=C/C#CCC/C=C/C(OPP)C(C)C/C=C\CCC)OP(P)P. The minimum absolute atomic E-state index is 0.00197. The van der Waals surface area contributed by atoms with Crippen molar-refractivity contribution in [1.82, 2.24) is 0 Å². The van der Waals surface area contributed by atoms with Crippen molar-refractivity contribution in [3.05, 3.63) is 36.5 Å². The number of allylic oxidation sites excluding steroid dienone is 4. The van der Waals surface area contributed by atoms with E-state index in [4.69, 9.17) is 9.05 Å². The van der Waals surface area contributed by atoms with Gasteiger partial charge in [0.05, 0.1) is 19.7 Å². The number of rotatable bonds is 14. The van der Waals surface area contributed by atoms with Crippen molar-refractivity contribution in [2.75, 3.05) is 0 Å². The van der Waals surface area contributed by atoms with Crippen LogP contribution in [-0.2, 0) is 9.05 Å². The first-order chi connectivity index (χ1) is 14.5. The lowest BCUT2D eigenvalue weighted by Crippen LogP contribution is -2.15. The molecule has 0 aromatic carbocycles. The molecule has 0 aliphatic heterocycles. The zero-order valence-corrected chi connectivity index (χ0v) is 24.0. The van der Waals surface area contributed by atoms with Crippen LogP contribution in [0.15, 0.2) is 36.5 Å². The first kappa shape index (κ1) is 30.4. The van der Waals surface area contributed by atoms with Crippen LogP contribution in [0.25, 0.3) is 0 Å². The maximum atomic E-state index is 5.90. The topological polar surface area (TPSA) is 18.5 Å². The summed E-state index contributed by atoms with van der Waals surface area (Å²) in [6.07, 6.45) is 19.8. The highest BCUT2D eigenvalue weighted by molar-refractivity contribution is 8.41. The summed E-state index contributed by atoms with van der Waals surface area (Å²) in [6, 6.07) is 0. The highest BCUT2D eigenvalue weighted by Crippen LogP contribution is 2.54. The third-order valence-corrected chi connectivity index (χ3v) is 6.08. The third-order valence-electron chi connectivity index (χ3n) is 4.02. The largest absolute Gasteiger partial charge is 0.351 e. The van der Waals surface area contributed by atoms with Crippen molar-refractivity contribution >= 4 is 42.8 Å². The Morgan fingerprint density at radius 3 is 2.50 bits per heavy atom. The van der Waals surface area contributed by atoms with Crippen LogP contribution in [0.5, 0.6) is 0 Å². The molecule has 0 spiro atoms. The molecule has 7 heteroatoms. The number of hydrogen-bond donors (Lipinski definition) is 0. The number of unbranched alkanes of at least 4 members (excludes halogenated alkanes) is 2. The van der Waals surface area contributed by atoms with Crippen LogP contribution in [0.1, 0.15) is 65.7 Å². The average Bonchev–Trinajstić information content (AvgIpc) is 2.71. The zero-order valence-electron chi connectivity index (χ0n) is 18.6. The maximum absolute atomic E-state index is 5.90. The molecule has 0 heterocycles. The van der Waals surface area contributed by atoms with Gasteiger partial charge in [0.15, 0.2) is 0 Å². The van der Waals surface area contributed by atoms with Crippen molar-refractivity contribution in [2.45, 2.75) is 77.9 Å². The normalized spacial score (nSPS) is 15.0. The maximum Gasteiger partial charge on any atom is 0.0925 e. The summed E-state index contributed by atoms with van der Waals surface area (Å²) in [5.74, 6) is 13.0. The van der Waals surface area contributed by atoms with Crippen molar-refractivity contribution in [1.29, 1.82) is 0 Å². The standard InChI is InChI=1S/C23H39O2P5/c1-4-6-8-14-17-21(3)23(24-29-26)20-16-12-10-9-11-15-19-22(25-30(27)28)18-13-7-5-2/h8,14-16,19-23,29H,4-6,10,12,17-18,26-28H2,1-3H3/b14-8-,19-15+,20-16+. The molecule has 0 saturated heterocycles. The van der Waals surface area contributed by atoms with Gasteiger partial charge in [0.1, 0.15) is 0 Å². The highest BCUT2D eigenvalue weighted by atomic mass is 32.4. The van der Waals surface area contributed by atoms with Crippen molar-refractivity contribution in [3.63, 3.8) is 0 Å². The van der Waals surface area contributed by atoms with Gasteiger partial charge in [-0.25, -0.2) is 0 Å². The fourth-order valence-corrected chi connectivity index (χ4v) is 4.76. The Morgan fingerprint density at radius 2 is 1.83 bits per heavy atom. The van der Waals surface area contributed by atoms with E-state index in [9.17, 15) is 0 Å². The Hall–Kier alpha value is 0.410. The monoisotopic (exact) mass is 502 g/mol. The lowest BCUT2D eigenvalue weighted by atomic mass is 9.99. The van der Waals surface area contributed by atoms with Crippen LogP contribution in [0.2, 0.25) is 0 Å². The van der Waals surface area contributed by atoms with Crippen molar-refractivity contribution < 1.29 is 9.05 Å². The zero-order chi connectivity index (χ0) is 22.5. The van der Waals surface area contributed by atoms with E-state index in [0.717, 1.165) is 32.1 Å². The van der Waals surface area contributed by atoms with E-state index < -0.39 is 7.53 Å². The molecule has 0 radical (unpaired) electrons. The summed E-state index contributed by atoms with van der Waals surface area (Å²) < 4.78 is 11.8. The summed E-state index contributed by atoms with van der Waals surface area (Å²) in [5, 5.41) is 0. The van der Waals surface area contributed by atoms with Crippen LogP contribution in [0.3, 0.4) is 0 Å². The Balaban J connectivity index is 4.46. The molecule has 7 atom stereocenters. The van der Waals surface area contributed by atoms with Gasteiger partial charge < -0.3 is 9.05 Å². The lowest BCUT2D eigenvalue weighted by molar-refractivity contribution is 0.220. The lowest BCUT2D eigenvalue weighted by Gasteiger charge is -2.19. The third kappa shape index (κ3) is 19.1. The van der Waals surface area contributed by atoms with Crippen LogP contribution < -0.4 is 0 Å². The van der Waals surface area contributed by atoms with Gasteiger partial charge >= 0.3 is 0 Å². The van der Waals surface area contributed by atoms with E-state index in [0.29, 0.717) is 20.8 Å². The Morgan fingerprint density at radius 1 is 1.03 bits per heavy atom. The van der Waals surface area contributed by atoms with Crippen LogP contribution in [0, 0.1) is 29.6 Å². The molecule has 2 nitrogen and oxygen atoms in total. The van der Waals surface area contributed by atoms with Gasteiger partial charge in [0.2, 0.25) is 0 Å². The molecule has 0 saturated carbocycles. The molecule has 0 bridgehead atoms. The molecule has 168 valence electrons. The van der Waals surface area contributed by atoms with E-state index in [-0.39, 0.29) is 12.2 Å². The van der Waals surface area contributed by atoms with E-state index in [1.54, 1.807) is 0 Å². The molecule has 0 amide bonds. The first-order valence-electron chi connectivity index (χ1n) is 10.5. The summed E-state index contributed by atoms with van der Waals surface area (Å²) in [6.45, 7) is 6.51. The second-order valence-electron chi connectivity index (χ2n) is 6.74. The molecule has 0 aromatic heterocycles. The minimum atomic E-state index is -0.575. The smallest absolute Gasteiger partial charge is 0.0925 e. The van der Waals surface area contributed by atoms with Crippen molar-refractivity contribution in [2.24, 2.45) is 5.92 Å². The molecular formula is C23H39O2P5. The fraction of sp³-hybridized carbons (Fsp3) is 0.565. The molecule has 0 aliphatic carbocycles. The summed E-state index contributed by atoms with van der Waals surface area (Å²) in [7, 11) is 7.90.